The van der Waals surface area contributed by atoms with Crippen molar-refractivity contribution in [1.29, 1.82) is 0 Å². The Morgan fingerprint density at radius 2 is 1.88 bits per heavy atom. The maximum Gasteiger partial charge on any atom is 0.471 e. The van der Waals surface area contributed by atoms with Gasteiger partial charge < -0.3 is 9.80 Å². The second-order valence-corrected chi connectivity index (χ2v) is 6.63. The van der Waals surface area contributed by atoms with E-state index >= 15 is 0 Å². The van der Waals surface area contributed by atoms with Crippen LogP contribution < -0.4 is 0 Å². The molecule has 4 nitrogen and oxygen atoms in total. The lowest BCUT2D eigenvalue weighted by Gasteiger charge is -2.44. The van der Waals surface area contributed by atoms with Crippen LogP contribution in [0.5, 0.6) is 0 Å². The Hall–Kier alpha value is -1.53. The van der Waals surface area contributed by atoms with Crippen LogP contribution >= 0.6 is 0 Å². The van der Waals surface area contributed by atoms with E-state index in [-0.39, 0.29) is 31.0 Å². The van der Waals surface area contributed by atoms with Gasteiger partial charge in [-0.15, -0.1) is 6.58 Å². The number of nitrogens with zero attached hydrogens (tertiary/aromatic N) is 2. The van der Waals surface area contributed by atoms with Crippen molar-refractivity contribution in [2.45, 2.75) is 57.2 Å². The predicted octanol–water partition coefficient (Wildman–Crippen LogP) is 3.13. The second kappa shape index (κ2) is 8.03. The van der Waals surface area contributed by atoms with Gasteiger partial charge in [0, 0.05) is 32.1 Å². The molecule has 0 aliphatic carbocycles. The lowest BCUT2D eigenvalue weighted by Crippen LogP contribution is -2.54. The molecule has 0 radical (unpaired) electrons. The monoisotopic (exact) mass is 346 g/mol. The fourth-order valence-electron chi connectivity index (χ4n) is 3.81. The third-order valence-electron chi connectivity index (χ3n) is 4.96. The van der Waals surface area contributed by atoms with Crippen LogP contribution in [-0.2, 0) is 9.59 Å². The van der Waals surface area contributed by atoms with Crippen LogP contribution in [0.15, 0.2) is 12.7 Å². The van der Waals surface area contributed by atoms with Crippen LogP contribution in [0.25, 0.3) is 0 Å². The zero-order valence-corrected chi connectivity index (χ0v) is 13.9. The lowest BCUT2D eigenvalue weighted by atomic mass is 9.84. The topological polar surface area (TPSA) is 40.6 Å². The van der Waals surface area contributed by atoms with Gasteiger partial charge in [0.15, 0.2) is 0 Å². The van der Waals surface area contributed by atoms with Gasteiger partial charge in [0.05, 0.1) is 0 Å². The smallest absolute Gasteiger partial charge is 0.339 e. The molecule has 7 heteroatoms. The molecule has 0 spiro atoms. The summed E-state index contributed by atoms with van der Waals surface area (Å²) < 4.78 is 38.0. The third-order valence-corrected chi connectivity index (χ3v) is 4.96. The van der Waals surface area contributed by atoms with E-state index < -0.39 is 12.1 Å². The van der Waals surface area contributed by atoms with E-state index in [9.17, 15) is 22.8 Å². The fourth-order valence-corrected chi connectivity index (χ4v) is 3.81. The maximum absolute atomic E-state index is 12.7. The molecule has 24 heavy (non-hydrogen) atoms. The molecule has 0 bridgehead atoms. The summed E-state index contributed by atoms with van der Waals surface area (Å²) in [7, 11) is 0. The van der Waals surface area contributed by atoms with Crippen molar-refractivity contribution in [3.63, 3.8) is 0 Å². The first-order valence-corrected chi connectivity index (χ1v) is 8.61. The van der Waals surface area contributed by atoms with Gasteiger partial charge in [-0.25, -0.2) is 0 Å². The van der Waals surface area contributed by atoms with E-state index in [4.69, 9.17) is 0 Å². The highest BCUT2D eigenvalue weighted by Crippen LogP contribution is 2.32. The number of likely N-dealkylation sites (tertiary alicyclic amines) is 2. The molecule has 2 saturated heterocycles. The van der Waals surface area contributed by atoms with E-state index in [1.807, 2.05) is 4.90 Å². The van der Waals surface area contributed by atoms with E-state index in [1.165, 1.54) is 0 Å². The molecule has 0 aromatic heterocycles. The SMILES string of the molecule is C=CCCC(=O)N1CCCCC1C1CCCN(C(=O)C(F)(F)F)C1. The number of carbonyl (C=O) groups is 2. The van der Waals surface area contributed by atoms with Crippen LogP contribution in [0.3, 0.4) is 0 Å². The molecule has 2 unspecified atom stereocenters. The highest BCUT2D eigenvalue weighted by atomic mass is 19.4. The minimum atomic E-state index is -4.83. The van der Waals surface area contributed by atoms with Crippen LogP contribution in [-0.4, -0.2) is 53.5 Å². The standard InChI is InChI=1S/C17H25F3N2O2/c1-2-3-9-15(23)22-11-5-4-8-14(22)13-7-6-10-21(12-13)16(24)17(18,19)20/h2,13-14H,1,3-12H2. The number of halogens is 3. The Bertz CT molecular complexity index is 479. The third kappa shape index (κ3) is 4.51. The molecule has 2 fully saturated rings. The van der Waals surface area contributed by atoms with Crippen molar-refractivity contribution < 1.29 is 22.8 Å². The molecule has 2 amide bonds. The van der Waals surface area contributed by atoms with Gasteiger partial charge in [-0.2, -0.15) is 13.2 Å². The van der Waals surface area contributed by atoms with E-state index in [0.29, 0.717) is 25.8 Å². The Balaban J connectivity index is 2.05. The number of rotatable bonds is 4. The number of amides is 2. The van der Waals surface area contributed by atoms with Crippen molar-refractivity contribution in [3.05, 3.63) is 12.7 Å². The fraction of sp³-hybridized carbons (Fsp3) is 0.765. The molecule has 0 aromatic carbocycles. The predicted molar refractivity (Wildman–Crippen MR) is 84.1 cm³/mol. The molecule has 0 aromatic rings. The van der Waals surface area contributed by atoms with Gasteiger partial charge in [0.2, 0.25) is 5.91 Å². The molecule has 2 aliphatic rings. The molecule has 2 heterocycles. The van der Waals surface area contributed by atoms with Crippen LogP contribution in [0.1, 0.15) is 44.9 Å². The Labute approximate surface area is 140 Å². The number of allylic oxidation sites excluding steroid dienone is 1. The highest BCUT2D eigenvalue weighted by Gasteiger charge is 2.45. The van der Waals surface area contributed by atoms with Crippen molar-refractivity contribution in [2.24, 2.45) is 5.92 Å². The summed E-state index contributed by atoms with van der Waals surface area (Å²) in [4.78, 5) is 26.7. The summed E-state index contributed by atoms with van der Waals surface area (Å²) in [5.74, 6) is -1.79. The average Bonchev–Trinajstić information content (AvgIpc) is 2.58. The Kier molecular flexibility index (Phi) is 6.29. The number of carbonyl (C=O) groups excluding carboxylic acids is 2. The van der Waals surface area contributed by atoms with E-state index in [1.54, 1.807) is 6.08 Å². The summed E-state index contributed by atoms with van der Waals surface area (Å²) in [6.45, 7) is 4.51. The molecular weight excluding hydrogens is 321 g/mol. The Morgan fingerprint density at radius 1 is 1.12 bits per heavy atom. The van der Waals surface area contributed by atoms with Gasteiger partial charge in [-0.05, 0) is 44.4 Å². The van der Waals surface area contributed by atoms with E-state index in [0.717, 1.165) is 30.6 Å². The largest absolute Gasteiger partial charge is 0.471 e. The maximum atomic E-state index is 12.7. The van der Waals surface area contributed by atoms with Gasteiger partial charge in [0.25, 0.3) is 0 Å². The minimum absolute atomic E-state index is 0.0406. The molecular formula is C17H25F3N2O2. The van der Waals surface area contributed by atoms with Gasteiger partial charge in [-0.3, -0.25) is 9.59 Å². The molecule has 2 rings (SSSR count). The second-order valence-electron chi connectivity index (χ2n) is 6.63. The first-order chi connectivity index (χ1) is 11.3. The zero-order chi connectivity index (χ0) is 17.7. The first-order valence-electron chi connectivity index (χ1n) is 8.61. The number of piperidine rings is 2. The van der Waals surface area contributed by atoms with Crippen LogP contribution in [0, 0.1) is 5.92 Å². The van der Waals surface area contributed by atoms with Crippen LogP contribution in [0.4, 0.5) is 13.2 Å². The number of alkyl halides is 3. The van der Waals surface area contributed by atoms with E-state index in [2.05, 4.69) is 6.58 Å². The first kappa shape index (κ1) is 18.8. The highest BCUT2D eigenvalue weighted by molar-refractivity contribution is 5.82. The summed E-state index contributed by atoms with van der Waals surface area (Å²) >= 11 is 0. The van der Waals surface area contributed by atoms with Crippen molar-refractivity contribution in [1.82, 2.24) is 9.80 Å². The minimum Gasteiger partial charge on any atom is -0.339 e. The number of hydrogen-bond donors (Lipinski definition) is 0. The quantitative estimate of drug-likeness (QED) is 0.734. The summed E-state index contributed by atoms with van der Waals surface area (Å²) in [6, 6.07) is -0.0556. The molecule has 136 valence electrons. The summed E-state index contributed by atoms with van der Waals surface area (Å²) in [5.41, 5.74) is 0. The lowest BCUT2D eigenvalue weighted by molar-refractivity contribution is -0.187. The van der Waals surface area contributed by atoms with Crippen molar-refractivity contribution in [3.8, 4) is 0 Å². The van der Waals surface area contributed by atoms with Gasteiger partial charge in [0.1, 0.15) is 0 Å². The van der Waals surface area contributed by atoms with Crippen molar-refractivity contribution >= 4 is 11.8 Å². The summed E-state index contributed by atoms with van der Waals surface area (Å²) in [5, 5.41) is 0. The molecule has 0 N–H and O–H groups in total. The summed E-state index contributed by atoms with van der Waals surface area (Å²) in [6.07, 6.45) is 1.88. The normalized spacial score (nSPS) is 25.5. The van der Waals surface area contributed by atoms with Crippen molar-refractivity contribution in [2.75, 3.05) is 19.6 Å². The average molecular weight is 346 g/mol. The molecule has 2 atom stereocenters. The zero-order valence-electron chi connectivity index (χ0n) is 13.9. The molecule has 0 saturated carbocycles. The number of hydrogen-bond acceptors (Lipinski definition) is 2. The van der Waals surface area contributed by atoms with Crippen LogP contribution in [0.2, 0.25) is 0 Å². The molecule has 2 aliphatic heterocycles. The van der Waals surface area contributed by atoms with Gasteiger partial charge in [-0.1, -0.05) is 6.08 Å². The van der Waals surface area contributed by atoms with Gasteiger partial charge >= 0.3 is 12.1 Å². The Morgan fingerprint density at radius 3 is 2.54 bits per heavy atom.